The first-order valence-electron chi connectivity index (χ1n) is 5.02. The summed E-state index contributed by atoms with van der Waals surface area (Å²) in [5.74, 6) is 0.508. The van der Waals surface area contributed by atoms with E-state index in [1.807, 2.05) is 6.08 Å². The Kier molecular flexibility index (Phi) is 3.32. The third kappa shape index (κ3) is 2.44. The Hall–Kier alpha value is -0.560. The van der Waals surface area contributed by atoms with Gasteiger partial charge in [0.25, 0.3) is 0 Å². The molecule has 1 N–H and O–H groups in total. The minimum Gasteiger partial charge on any atom is -0.392 e. The standard InChI is InChI=1S/C12H20O/c1-10-6-4-8-12(2,3)11(10)7-5-9-13/h5-7,11,13H,4,8-9H2,1-3H3. The summed E-state index contributed by atoms with van der Waals surface area (Å²) in [6.45, 7) is 6.94. The molecule has 1 atom stereocenters. The molecule has 0 aromatic rings. The number of hydrogen-bond acceptors (Lipinski definition) is 1. The van der Waals surface area contributed by atoms with Crippen LogP contribution in [0.3, 0.4) is 0 Å². The summed E-state index contributed by atoms with van der Waals surface area (Å²) in [4.78, 5) is 0. The van der Waals surface area contributed by atoms with Crippen LogP contribution in [0.4, 0.5) is 0 Å². The molecule has 1 aliphatic rings. The van der Waals surface area contributed by atoms with E-state index in [0.717, 1.165) is 0 Å². The zero-order valence-corrected chi connectivity index (χ0v) is 8.88. The van der Waals surface area contributed by atoms with Gasteiger partial charge < -0.3 is 5.11 Å². The summed E-state index contributed by atoms with van der Waals surface area (Å²) in [6.07, 6.45) is 8.75. The third-order valence-electron chi connectivity index (χ3n) is 3.02. The molecule has 1 heteroatoms. The molecule has 13 heavy (non-hydrogen) atoms. The lowest BCUT2D eigenvalue weighted by Crippen LogP contribution is -2.26. The van der Waals surface area contributed by atoms with Gasteiger partial charge in [-0.3, -0.25) is 0 Å². The van der Waals surface area contributed by atoms with E-state index in [1.54, 1.807) is 0 Å². The van der Waals surface area contributed by atoms with Gasteiger partial charge in [-0.25, -0.2) is 0 Å². The smallest absolute Gasteiger partial charge is 0.0612 e. The lowest BCUT2D eigenvalue weighted by Gasteiger charge is -2.36. The van der Waals surface area contributed by atoms with Crippen LogP contribution < -0.4 is 0 Å². The predicted octanol–water partition coefficient (Wildman–Crippen LogP) is 2.92. The second kappa shape index (κ2) is 4.10. The summed E-state index contributed by atoms with van der Waals surface area (Å²) in [5, 5.41) is 8.75. The molecule has 0 spiro atoms. The zero-order valence-electron chi connectivity index (χ0n) is 8.88. The van der Waals surface area contributed by atoms with Crippen LogP contribution in [0.2, 0.25) is 0 Å². The lowest BCUT2D eigenvalue weighted by molar-refractivity contribution is 0.254. The van der Waals surface area contributed by atoms with Crippen LogP contribution in [0.1, 0.15) is 33.6 Å². The molecule has 0 aliphatic heterocycles. The minimum absolute atomic E-state index is 0.153. The highest BCUT2D eigenvalue weighted by atomic mass is 16.2. The number of hydrogen-bond donors (Lipinski definition) is 1. The van der Waals surface area contributed by atoms with Crippen molar-refractivity contribution in [3.8, 4) is 0 Å². The van der Waals surface area contributed by atoms with Crippen LogP contribution in [0.5, 0.6) is 0 Å². The molecule has 1 unspecified atom stereocenters. The maximum absolute atomic E-state index is 8.75. The van der Waals surface area contributed by atoms with Gasteiger partial charge in [-0.1, -0.05) is 37.6 Å². The predicted molar refractivity (Wildman–Crippen MR) is 56.5 cm³/mol. The number of allylic oxidation sites excluding steroid dienone is 3. The molecule has 0 amide bonds. The fraction of sp³-hybridized carbons (Fsp3) is 0.667. The Bertz CT molecular complexity index is 223. The van der Waals surface area contributed by atoms with Crippen molar-refractivity contribution in [3.63, 3.8) is 0 Å². The first-order valence-corrected chi connectivity index (χ1v) is 5.02. The molecule has 0 saturated carbocycles. The minimum atomic E-state index is 0.153. The van der Waals surface area contributed by atoms with Crippen LogP contribution in [0, 0.1) is 11.3 Å². The summed E-state index contributed by atoms with van der Waals surface area (Å²) < 4.78 is 0. The third-order valence-corrected chi connectivity index (χ3v) is 3.02. The summed E-state index contributed by atoms with van der Waals surface area (Å²) in [5.41, 5.74) is 1.80. The van der Waals surface area contributed by atoms with Gasteiger partial charge in [-0.15, -0.1) is 0 Å². The Balaban J connectivity index is 2.81. The molecule has 1 nitrogen and oxygen atoms in total. The van der Waals surface area contributed by atoms with E-state index in [-0.39, 0.29) is 6.61 Å². The molecule has 1 aliphatic carbocycles. The highest BCUT2D eigenvalue weighted by Gasteiger charge is 2.30. The Morgan fingerprint density at radius 3 is 2.85 bits per heavy atom. The molecule has 0 fully saturated rings. The first-order chi connectivity index (χ1) is 6.08. The highest BCUT2D eigenvalue weighted by molar-refractivity contribution is 5.18. The Labute approximate surface area is 81.2 Å². The molecule has 0 heterocycles. The van der Waals surface area contributed by atoms with Gasteiger partial charge in [0.15, 0.2) is 0 Å². The van der Waals surface area contributed by atoms with Crippen LogP contribution in [-0.4, -0.2) is 11.7 Å². The molecule has 0 radical (unpaired) electrons. The van der Waals surface area contributed by atoms with Gasteiger partial charge in [0, 0.05) is 5.92 Å². The van der Waals surface area contributed by atoms with Crippen LogP contribution in [0.25, 0.3) is 0 Å². The van der Waals surface area contributed by atoms with Crippen molar-refractivity contribution in [3.05, 3.63) is 23.8 Å². The number of aliphatic hydroxyl groups excluding tert-OH is 1. The average molecular weight is 180 g/mol. The van der Waals surface area contributed by atoms with E-state index < -0.39 is 0 Å². The van der Waals surface area contributed by atoms with E-state index in [1.165, 1.54) is 18.4 Å². The van der Waals surface area contributed by atoms with E-state index in [0.29, 0.717) is 11.3 Å². The normalized spacial score (nSPS) is 27.7. The summed E-state index contributed by atoms with van der Waals surface area (Å²) in [6, 6.07) is 0. The SMILES string of the molecule is CC1=CCCC(C)(C)C1C=CCO. The molecular formula is C12H20O. The summed E-state index contributed by atoms with van der Waals surface area (Å²) in [7, 11) is 0. The van der Waals surface area contributed by atoms with Crippen molar-refractivity contribution in [1.29, 1.82) is 0 Å². The maximum atomic E-state index is 8.75. The van der Waals surface area contributed by atoms with Crippen LogP contribution in [-0.2, 0) is 0 Å². The largest absolute Gasteiger partial charge is 0.392 e. The molecule has 0 saturated heterocycles. The second-order valence-corrected chi connectivity index (χ2v) is 4.56. The van der Waals surface area contributed by atoms with E-state index in [2.05, 4.69) is 32.9 Å². The first kappa shape index (κ1) is 10.5. The van der Waals surface area contributed by atoms with Crippen LogP contribution >= 0.6 is 0 Å². The molecule has 0 aromatic carbocycles. The monoisotopic (exact) mass is 180 g/mol. The van der Waals surface area contributed by atoms with Gasteiger partial charge >= 0.3 is 0 Å². The summed E-state index contributed by atoms with van der Waals surface area (Å²) >= 11 is 0. The van der Waals surface area contributed by atoms with Crippen molar-refractivity contribution in [1.82, 2.24) is 0 Å². The Morgan fingerprint density at radius 1 is 1.62 bits per heavy atom. The van der Waals surface area contributed by atoms with Crippen molar-refractivity contribution in [2.75, 3.05) is 6.61 Å². The van der Waals surface area contributed by atoms with Crippen molar-refractivity contribution < 1.29 is 5.11 Å². The van der Waals surface area contributed by atoms with Crippen molar-refractivity contribution in [2.24, 2.45) is 11.3 Å². The quantitative estimate of drug-likeness (QED) is 0.648. The number of aliphatic hydroxyl groups is 1. The van der Waals surface area contributed by atoms with E-state index >= 15 is 0 Å². The molecule has 74 valence electrons. The molecule has 1 rings (SSSR count). The van der Waals surface area contributed by atoms with Gasteiger partial charge in [0.2, 0.25) is 0 Å². The zero-order chi connectivity index (χ0) is 9.90. The van der Waals surface area contributed by atoms with Gasteiger partial charge in [-0.2, -0.15) is 0 Å². The lowest BCUT2D eigenvalue weighted by atomic mass is 9.68. The van der Waals surface area contributed by atoms with Crippen molar-refractivity contribution in [2.45, 2.75) is 33.6 Å². The second-order valence-electron chi connectivity index (χ2n) is 4.56. The molecule has 0 bridgehead atoms. The fourth-order valence-electron chi connectivity index (χ4n) is 2.18. The van der Waals surface area contributed by atoms with Crippen molar-refractivity contribution >= 4 is 0 Å². The maximum Gasteiger partial charge on any atom is 0.0612 e. The van der Waals surface area contributed by atoms with E-state index in [9.17, 15) is 0 Å². The average Bonchev–Trinajstić information content (AvgIpc) is 2.02. The highest BCUT2D eigenvalue weighted by Crippen LogP contribution is 2.41. The van der Waals surface area contributed by atoms with Gasteiger partial charge in [0.05, 0.1) is 6.61 Å². The fourth-order valence-corrected chi connectivity index (χ4v) is 2.18. The van der Waals surface area contributed by atoms with Crippen LogP contribution in [0.15, 0.2) is 23.8 Å². The number of rotatable bonds is 2. The molecule has 0 aromatic heterocycles. The van der Waals surface area contributed by atoms with Gasteiger partial charge in [0.1, 0.15) is 0 Å². The Morgan fingerprint density at radius 2 is 2.31 bits per heavy atom. The molecular weight excluding hydrogens is 160 g/mol. The van der Waals surface area contributed by atoms with E-state index in [4.69, 9.17) is 5.11 Å². The topological polar surface area (TPSA) is 20.2 Å². The van der Waals surface area contributed by atoms with Gasteiger partial charge in [-0.05, 0) is 25.2 Å².